The lowest BCUT2D eigenvalue weighted by Crippen LogP contribution is -2.27. The van der Waals surface area contributed by atoms with Gasteiger partial charge in [0.25, 0.3) is 0 Å². The lowest BCUT2D eigenvalue weighted by Gasteiger charge is -2.18. The lowest BCUT2D eigenvalue weighted by molar-refractivity contribution is -0.146. The molecule has 1 N–H and O–H groups in total. The maximum Gasteiger partial charge on any atom is 0.376 e. The SMILES string of the molecule is CC(C)(C)OC(=O)C1=NC2=CC(C(=O)O)CC2=N1. The molecule has 2 aliphatic rings. The monoisotopic (exact) mass is 250 g/mol. The van der Waals surface area contributed by atoms with Gasteiger partial charge < -0.3 is 9.84 Å². The fourth-order valence-corrected chi connectivity index (χ4v) is 1.70. The average Bonchev–Trinajstić information content (AvgIpc) is 2.69. The number of carbonyl (C=O) groups excluding carboxylic acids is 1. The van der Waals surface area contributed by atoms with Gasteiger partial charge in [-0.15, -0.1) is 0 Å². The molecule has 0 saturated carbocycles. The molecule has 2 rings (SSSR count). The Kier molecular flexibility index (Phi) is 2.80. The number of nitrogens with zero attached hydrogens (tertiary/aromatic N) is 2. The summed E-state index contributed by atoms with van der Waals surface area (Å²) >= 11 is 0. The van der Waals surface area contributed by atoms with Gasteiger partial charge in [0.1, 0.15) is 5.60 Å². The summed E-state index contributed by atoms with van der Waals surface area (Å²) in [5.41, 5.74) is 0.418. The van der Waals surface area contributed by atoms with Gasteiger partial charge in [-0.3, -0.25) is 4.79 Å². The molecule has 0 aromatic rings. The standard InChI is InChI=1S/C12H14N2O4/c1-12(2,3)18-11(17)9-13-7-4-6(10(15)16)5-8(7)14-9/h4,6H,5H2,1-3H3,(H,15,16). The van der Waals surface area contributed by atoms with Crippen molar-refractivity contribution in [1.29, 1.82) is 0 Å². The largest absolute Gasteiger partial charge is 0.481 e. The van der Waals surface area contributed by atoms with Crippen LogP contribution in [0.1, 0.15) is 27.2 Å². The van der Waals surface area contributed by atoms with Gasteiger partial charge in [-0.25, -0.2) is 14.8 Å². The second-order valence-corrected chi connectivity index (χ2v) is 5.20. The normalized spacial score (nSPS) is 21.9. The van der Waals surface area contributed by atoms with Gasteiger partial charge in [-0.1, -0.05) is 0 Å². The molecule has 0 spiro atoms. The number of ether oxygens (including phenoxy) is 1. The van der Waals surface area contributed by atoms with Crippen LogP contribution in [-0.2, 0) is 14.3 Å². The molecule has 0 bridgehead atoms. The first-order chi connectivity index (χ1) is 8.26. The fourth-order valence-electron chi connectivity index (χ4n) is 1.70. The molecule has 1 aliphatic heterocycles. The van der Waals surface area contributed by atoms with Crippen molar-refractivity contribution in [2.45, 2.75) is 32.8 Å². The first kappa shape index (κ1) is 12.5. The van der Waals surface area contributed by atoms with E-state index in [0.717, 1.165) is 0 Å². The first-order valence-electron chi connectivity index (χ1n) is 5.61. The van der Waals surface area contributed by atoms with E-state index < -0.39 is 23.5 Å². The third-order valence-electron chi connectivity index (χ3n) is 2.43. The Labute approximate surface area is 104 Å². The molecule has 6 nitrogen and oxygen atoms in total. The number of carboxylic acids is 1. The number of hydrogen-bond acceptors (Lipinski definition) is 5. The van der Waals surface area contributed by atoms with Crippen LogP contribution in [0.4, 0.5) is 0 Å². The average molecular weight is 250 g/mol. The molecule has 1 unspecified atom stereocenters. The zero-order valence-corrected chi connectivity index (χ0v) is 10.4. The van der Waals surface area contributed by atoms with Crippen LogP contribution in [-0.4, -0.2) is 34.2 Å². The van der Waals surface area contributed by atoms with Gasteiger partial charge in [0.05, 0.1) is 17.3 Å². The molecular formula is C12H14N2O4. The highest BCUT2D eigenvalue weighted by molar-refractivity contribution is 6.41. The lowest BCUT2D eigenvalue weighted by atomic mass is 10.1. The number of allylic oxidation sites excluding steroid dienone is 1. The summed E-state index contributed by atoms with van der Waals surface area (Å²) in [6.45, 7) is 5.27. The third-order valence-corrected chi connectivity index (χ3v) is 2.43. The molecule has 1 atom stereocenters. The van der Waals surface area contributed by atoms with Crippen molar-refractivity contribution in [1.82, 2.24) is 0 Å². The van der Waals surface area contributed by atoms with Crippen molar-refractivity contribution in [3.05, 3.63) is 11.8 Å². The van der Waals surface area contributed by atoms with Crippen LogP contribution >= 0.6 is 0 Å². The highest BCUT2D eigenvalue weighted by atomic mass is 16.6. The van der Waals surface area contributed by atoms with Crippen molar-refractivity contribution < 1.29 is 19.4 Å². The van der Waals surface area contributed by atoms with Gasteiger partial charge in [0.2, 0.25) is 5.84 Å². The number of fused-ring (bicyclic) bond motifs is 1. The molecule has 0 fully saturated rings. The van der Waals surface area contributed by atoms with Gasteiger partial charge in [-0.05, 0) is 26.8 Å². The molecule has 6 heteroatoms. The summed E-state index contributed by atoms with van der Waals surface area (Å²) in [6.07, 6.45) is 1.79. The van der Waals surface area contributed by atoms with Gasteiger partial charge >= 0.3 is 11.9 Å². The van der Waals surface area contributed by atoms with Gasteiger partial charge in [0.15, 0.2) is 0 Å². The van der Waals surface area contributed by atoms with Crippen LogP contribution in [0, 0.1) is 5.92 Å². The molecule has 96 valence electrons. The number of rotatable bonds is 2. The molecule has 0 amide bonds. The second kappa shape index (κ2) is 4.04. The zero-order valence-electron chi connectivity index (χ0n) is 10.4. The van der Waals surface area contributed by atoms with E-state index in [2.05, 4.69) is 9.98 Å². The molecule has 1 heterocycles. The molecule has 1 aliphatic carbocycles. The van der Waals surface area contributed by atoms with E-state index in [9.17, 15) is 9.59 Å². The summed E-state index contributed by atoms with van der Waals surface area (Å²) in [5.74, 6) is -2.09. The van der Waals surface area contributed by atoms with E-state index in [4.69, 9.17) is 9.84 Å². The van der Waals surface area contributed by atoms with Crippen LogP contribution in [0.2, 0.25) is 0 Å². The van der Waals surface area contributed by atoms with Gasteiger partial charge in [0, 0.05) is 6.42 Å². The smallest absolute Gasteiger partial charge is 0.376 e. The minimum absolute atomic E-state index is 0.00462. The van der Waals surface area contributed by atoms with Crippen molar-refractivity contribution >= 4 is 23.5 Å². The summed E-state index contributed by atoms with van der Waals surface area (Å²) < 4.78 is 5.14. The molecule has 0 aromatic carbocycles. The molecule has 0 aromatic heterocycles. The summed E-state index contributed by atoms with van der Waals surface area (Å²) in [4.78, 5) is 30.5. The van der Waals surface area contributed by atoms with Crippen LogP contribution in [0.15, 0.2) is 21.8 Å². The number of aliphatic carboxylic acids is 1. The minimum Gasteiger partial charge on any atom is -0.481 e. The fraction of sp³-hybridized carbons (Fsp3) is 0.500. The summed E-state index contributed by atoms with van der Waals surface area (Å²) in [6, 6.07) is 0. The Morgan fingerprint density at radius 3 is 2.56 bits per heavy atom. The number of aliphatic imine (C=N–C) groups is 2. The Bertz CT molecular complexity index is 509. The Hall–Kier alpha value is -1.98. The topological polar surface area (TPSA) is 88.3 Å². The van der Waals surface area contributed by atoms with E-state index in [1.165, 1.54) is 6.08 Å². The van der Waals surface area contributed by atoms with E-state index in [1.807, 2.05) is 0 Å². The molecule has 0 saturated heterocycles. The number of hydrogen-bond donors (Lipinski definition) is 1. The maximum atomic E-state index is 11.7. The van der Waals surface area contributed by atoms with Crippen molar-refractivity contribution in [2.24, 2.45) is 15.9 Å². The Morgan fingerprint density at radius 1 is 1.39 bits per heavy atom. The van der Waals surface area contributed by atoms with Crippen LogP contribution in [0.5, 0.6) is 0 Å². The third kappa shape index (κ3) is 2.47. The van der Waals surface area contributed by atoms with Crippen LogP contribution in [0.25, 0.3) is 0 Å². The predicted octanol–water partition coefficient (Wildman–Crippen LogP) is 1.17. The number of amidine groups is 1. The van der Waals surface area contributed by atoms with E-state index in [-0.39, 0.29) is 12.3 Å². The van der Waals surface area contributed by atoms with Crippen molar-refractivity contribution in [3.8, 4) is 0 Å². The van der Waals surface area contributed by atoms with E-state index in [1.54, 1.807) is 20.8 Å². The number of carbonyl (C=O) groups is 2. The van der Waals surface area contributed by atoms with Crippen molar-refractivity contribution in [3.63, 3.8) is 0 Å². The van der Waals surface area contributed by atoms with Crippen LogP contribution < -0.4 is 0 Å². The molecular weight excluding hydrogens is 236 g/mol. The highest BCUT2D eigenvalue weighted by Gasteiger charge is 2.33. The number of esters is 1. The number of carboxylic acid groups (broad SMARTS) is 1. The van der Waals surface area contributed by atoms with Crippen LogP contribution in [0.3, 0.4) is 0 Å². The maximum absolute atomic E-state index is 11.7. The molecule has 18 heavy (non-hydrogen) atoms. The van der Waals surface area contributed by atoms with E-state index in [0.29, 0.717) is 11.4 Å². The second-order valence-electron chi connectivity index (χ2n) is 5.20. The quantitative estimate of drug-likeness (QED) is 0.745. The predicted molar refractivity (Wildman–Crippen MR) is 64.5 cm³/mol. The highest BCUT2D eigenvalue weighted by Crippen LogP contribution is 2.27. The van der Waals surface area contributed by atoms with Crippen molar-refractivity contribution in [2.75, 3.05) is 0 Å². The van der Waals surface area contributed by atoms with E-state index >= 15 is 0 Å². The van der Waals surface area contributed by atoms with Gasteiger partial charge in [-0.2, -0.15) is 0 Å². The summed E-state index contributed by atoms with van der Waals surface area (Å²) in [7, 11) is 0. The Balaban J connectivity index is 2.13. The molecule has 0 radical (unpaired) electrons. The zero-order chi connectivity index (χ0) is 13.5. The Morgan fingerprint density at radius 2 is 2.06 bits per heavy atom. The minimum atomic E-state index is -0.909. The first-order valence-corrected chi connectivity index (χ1v) is 5.61. The summed E-state index contributed by atoms with van der Waals surface area (Å²) in [5, 5.41) is 8.86.